The summed E-state index contributed by atoms with van der Waals surface area (Å²) in [5.74, 6) is 0. The smallest absolute Gasteiger partial charge is 0.465 e. The lowest BCUT2D eigenvalue weighted by atomic mass is 9.64. The van der Waals surface area contributed by atoms with E-state index in [-0.39, 0.29) is 11.5 Å². The average Bonchev–Trinajstić information content (AvgIpc) is 2.56. The van der Waals surface area contributed by atoms with Gasteiger partial charge in [-0.3, -0.25) is 0 Å². The van der Waals surface area contributed by atoms with Crippen LogP contribution in [0.5, 0.6) is 0 Å². The van der Waals surface area contributed by atoms with Gasteiger partial charge in [0.2, 0.25) is 0 Å². The third-order valence-electron chi connectivity index (χ3n) is 4.97. The second kappa shape index (κ2) is 5.27. The molecule has 2 aliphatic rings. The molecule has 1 atom stereocenters. The predicted molar refractivity (Wildman–Crippen MR) is 86.8 cm³/mol. The monoisotopic (exact) mass is 309 g/mol. The van der Waals surface area contributed by atoms with Gasteiger partial charge in [-0.25, -0.2) is 4.79 Å². The zero-order valence-corrected chi connectivity index (χ0v) is 14.8. The van der Waals surface area contributed by atoms with Gasteiger partial charge in [-0.15, -0.1) is 0 Å². The number of amides is 1. The van der Waals surface area contributed by atoms with Crippen LogP contribution in [0.2, 0.25) is 0 Å². The van der Waals surface area contributed by atoms with E-state index in [1.54, 1.807) is 0 Å². The molecule has 0 saturated carbocycles. The molecule has 0 aromatic carbocycles. The Hall–Kier alpha value is -1.01. The van der Waals surface area contributed by atoms with E-state index in [1.807, 2.05) is 27.7 Å². The molecular formula is C16H28BNO4. The number of rotatable bonds is 1. The molecular weight excluding hydrogens is 281 g/mol. The first-order chi connectivity index (χ1) is 9.87. The summed E-state index contributed by atoms with van der Waals surface area (Å²) >= 11 is 0. The first kappa shape index (κ1) is 17.4. The van der Waals surface area contributed by atoms with Gasteiger partial charge in [0, 0.05) is 6.54 Å². The zero-order chi connectivity index (χ0) is 16.9. The molecule has 2 aliphatic heterocycles. The van der Waals surface area contributed by atoms with Crippen molar-refractivity contribution in [2.75, 3.05) is 6.54 Å². The first-order valence-electron chi connectivity index (χ1n) is 7.92. The Balaban J connectivity index is 2.37. The van der Waals surface area contributed by atoms with E-state index in [0.717, 1.165) is 5.47 Å². The third kappa shape index (κ3) is 2.91. The SMILES string of the molecule is CC(C)(C)C1C(B2OC(C)(C)C(C)(C)O2)=CCCN1C(=O)O. The van der Waals surface area contributed by atoms with Crippen LogP contribution < -0.4 is 0 Å². The van der Waals surface area contributed by atoms with E-state index in [1.165, 1.54) is 4.90 Å². The highest BCUT2D eigenvalue weighted by Gasteiger charge is 2.55. The Morgan fingerprint density at radius 1 is 1.27 bits per heavy atom. The molecule has 0 aromatic rings. The second-order valence-corrected chi connectivity index (χ2v) is 8.33. The van der Waals surface area contributed by atoms with E-state index in [9.17, 15) is 9.90 Å². The fourth-order valence-electron chi connectivity index (χ4n) is 3.17. The lowest BCUT2D eigenvalue weighted by Gasteiger charge is -2.43. The molecule has 1 amide bonds. The second-order valence-electron chi connectivity index (χ2n) is 8.33. The van der Waals surface area contributed by atoms with Gasteiger partial charge < -0.3 is 19.3 Å². The van der Waals surface area contributed by atoms with Crippen LogP contribution in [-0.4, -0.2) is 47.0 Å². The van der Waals surface area contributed by atoms with Crippen LogP contribution in [0.15, 0.2) is 11.5 Å². The van der Waals surface area contributed by atoms with Crippen molar-refractivity contribution in [3.05, 3.63) is 11.5 Å². The van der Waals surface area contributed by atoms with E-state index in [2.05, 4.69) is 26.8 Å². The number of hydrogen-bond donors (Lipinski definition) is 1. The molecule has 2 heterocycles. The van der Waals surface area contributed by atoms with Crippen molar-refractivity contribution in [3.8, 4) is 0 Å². The summed E-state index contributed by atoms with van der Waals surface area (Å²) in [6, 6.07) is -0.242. The van der Waals surface area contributed by atoms with Crippen LogP contribution in [0, 0.1) is 5.41 Å². The van der Waals surface area contributed by atoms with E-state index in [0.29, 0.717) is 13.0 Å². The highest BCUT2D eigenvalue weighted by atomic mass is 16.7. The molecule has 0 radical (unpaired) electrons. The molecule has 6 heteroatoms. The third-order valence-corrected chi connectivity index (χ3v) is 4.97. The van der Waals surface area contributed by atoms with Crippen molar-refractivity contribution >= 4 is 13.2 Å². The van der Waals surface area contributed by atoms with Crippen LogP contribution in [0.4, 0.5) is 4.79 Å². The molecule has 1 saturated heterocycles. The Bertz CT molecular complexity index is 477. The summed E-state index contributed by atoms with van der Waals surface area (Å²) in [5.41, 5.74) is -0.146. The van der Waals surface area contributed by atoms with Crippen molar-refractivity contribution < 1.29 is 19.2 Å². The minimum Gasteiger partial charge on any atom is -0.465 e. The molecule has 0 spiro atoms. The normalized spacial score (nSPS) is 27.8. The Kier molecular flexibility index (Phi) is 4.16. The molecule has 124 valence electrons. The Labute approximate surface area is 133 Å². The van der Waals surface area contributed by atoms with Gasteiger partial charge in [-0.2, -0.15) is 0 Å². The largest absolute Gasteiger partial charge is 0.492 e. The molecule has 1 N–H and O–H groups in total. The highest BCUT2D eigenvalue weighted by Crippen LogP contribution is 2.43. The molecule has 5 nitrogen and oxygen atoms in total. The fraction of sp³-hybridized carbons (Fsp3) is 0.812. The van der Waals surface area contributed by atoms with E-state index >= 15 is 0 Å². The summed E-state index contributed by atoms with van der Waals surface area (Å²) in [5, 5.41) is 9.55. The maximum Gasteiger partial charge on any atom is 0.492 e. The average molecular weight is 309 g/mol. The molecule has 1 fully saturated rings. The Morgan fingerprint density at radius 2 is 1.77 bits per heavy atom. The number of carbonyl (C=O) groups is 1. The van der Waals surface area contributed by atoms with Gasteiger partial charge in [0.05, 0.1) is 17.2 Å². The van der Waals surface area contributed by atoms with Crippen LogP contribution >= 0.6 is 0 Å². The molecule has 22 heavy (non-hydrogen) atoms. The molecule has 0 bridgehead atoms. The van der Waals surface area contributed by atoms with Gasteiger partial charge in [0.25, 0.3) is 0 Å². The van der Waals surface area contributed by atoms with Gasteiger partial charge >= 0.3 is 13.2 Å². The fourth-order valence-corrected chi connectivity index (χ4v) is 3.17. The number of carboxylic acid groups (broad SMARTS) is 1. The van der Waals surface area contributed by atoms with Crippen molar-refractivity contribution in [1.82, 2.24) is 4.90 Å². The summed E-state index contributed by atoms with van der Waals surface area (Å²) in [4.78, 5) is 13.2. The van der Waals surface area contributed by atoms with Gasteiger partial charge in [0.15, 0.2) is 0 Å². The number of hydrogen-bond acceptors (Lipinski definition) is 3. The van der Waals surface area contributed by atoms with Crippen LogP contribution in [-0.2, 0) is 9.31 Å². The summed E-state index contributed by atoms with van der Waals surface area (Å²) in [6.45, 7) is 14.7. The molecule has 1 unspecified atom stereocenters. The topological polar surface area (TPSA) is 59.0 Å². The predicted octanol–water partition coefficient (Wildman–Crippen LogP) is 3.34. The maximum atomic E-state index is 11.6. The van der Waals surface area contributed by atoms with Crippen LogP contribution in [0.3, 0.4) is 0 Å². The van der Waals surface area contributed by atoms with Crippen molar-refractivity contribution in [3.63, 3.8) is 0 Å². The lowest BCUT2D eigenvalue weighted by molar-refractivity contribution is 0.00578. The lowest BCUT2D eigenvalue weighted by Crippen LogP contribution is -2.53. The van der Waals surface area contributed by atoms with Crippen molar-refractivity contribution in [2.45, 2.75) is 72.1 Å². The minimum absolute atomic E-state index is 0.228. The standard InChI is InChI=1S/C16H28BNO4/c1-14(2,3)12-11(9-8-10-18(12)13(19)20)17-21-15(4,5)16(6,7)22-17/h9,12H,8,10H2,1-7H3,(H,19,20). The molecule has 0 aliphatic carbocycles. The number of nitrogens with zero attached hydrogens (tertiary/aromatic N) is 1. The Morgan fingerprint density at radius 3 is 2.18 bits per heavy atom. The summed E-state index contributed by atoms with van der Waals surface area (Å²) in [6.07, 6.45) is 1.90. The first-order valence-corrected chi connectivity index (χ1v) is 7.92. The summed E-state index contributed by atoms with van der Waals surface area (Å²) in [7, 11) is -0.489. The maximum absolute atomic E-state index is 11.6. The summed E-state index contributed by atoms with van der Waals surface area (Å²) < 4.78 is 12.3. The minimum atomic E-state index is -0.887. The zero-order valence-electron chi connectivity index (χ0n) is 14.8. The van der Waals surface area contributed by atoms with Gasteiger partial charge in [-0.05, 0) is 45.0 Å². The van der Waals surface area contributed by atoms with Crippen LogP contribution in [0.1, 0.15) is 54.9 Å². The van der Waals surface area contributed by atoms with Crippen molar-refractivity contribution in [2.24, 2.45) is 5.41 Å². The molecule has 0 aromatic heterocycles. The van der Waals surface area contributed by atoms with Crippen molar-refractivity contribution in [1.29, 1.82) is 0 Å². The quantitative estimate of drug-likeness (QED) is 0.755. The van der Waals surface area contributed by atoms with Gasteiger partial charge in [0.1, 0.15) is 0 Å². The van der Waals surface area contributed by atoms with Gasteiger partial charge in [-0.1, -0.05) is 26.8 Å². The van der Waals surface area contributed by atoms with E-state index < -0.39 is 24.4 Å². The molecule has 2 rings (SSSR count). The van der Waals surface area contributed by atoms with Crippen LogP contribution in [0.25, 0.3) is 0 Å². The van der Waals surface area contributed by atoms with E-state index in [4.69, 9.17) is 9.31 Å². The highest BCUT2D eigenvalue weighted by molar-refractivity contribution is 6.55.